The third-order valence-corrected chi connectivity index (χ3v) is 5.54. The Kier molecular flexibility index (Phi) is 5.40. The molecule has 2 saturated heterocycles. The van der Waals surface area contributed by atoms with Crippen LogP contribution in [0.1, 0.15) is 32.6 Å². The van der Waals surface area contributed by atoms with E-state index in [1.165, 1.54) is 0 Å². The van der Waals surface area contributed by atoms with Gasteiger partial charge in [0.2, 0.25) is 15.9 Å². The number of carbonyl (C=O) groups is 1. The normalized spacial score (nSPS) is 25.1. The average Bonchev–Trinajstić information content (AvgIpc) is 2.92. The van der Waals surface area contributed by atoms with Crippen molar-refractivity contribution in [3.05, 3.63) is 0 Å². The second kappa shape index (κ2) is 6.87. The van der Waals surface area contributed by atoms with E-state index in [0.717, 1.165) is 6.42 Å². The maximum absolute atomic E-state index is 12.2. The molecule has 0 bridgehead atoms. The van der Waals surface area contributed by atoms with E-state index in [4.69, 9.17) is 4.74 Å². The number of ether oxygens (including phenoxy) is 1. The van der Waals surface area contributed by atoms with Crippen molar-refractivity contribution in [1.82, 2.24) is 9.62 Å². The fraction of sp³-hybridized carbons (Fsp3) is 0.923. The van der Waals surface area contributed by atoms with Crippen LogP contribution in [0, 0.1) is 5.92 Å². The molecule has 1 N–H and O–H groups in total. The maximum Gasteiger partial charge on any atom is 0.228 e. The van der Waals surface area contributed by atoms with Gasteiger partial charge < -0.3 is 9.64 Å². The van der Waals surface area contributed by atoms with Gasteiger partial charge in [-0.1, -0.05) is 6.92 Å². The van der Waals surface area contributed by atoms with Crippen LogP contribution in [0.2, 0.25) is 0 Å². The van der Waals surface area contributed by atoms with Crippen molar-refractivity contribution < 1.29 is 17.9 Å². The smallest absolute Gasteiger partial charge is 0.228 e. The lowest BCUT2D eigenvalue weighted by molar-refractivity contribution is -0.136. The topological polar surface area (TPSA) is 75.7 Å². The fourth-order valence-electron chi connectivity index (χ4n) is 2.79. The Morgan fingerprint density at radius 1 is 1.30 bits per heavy atom. The minimum Gasteiger partial charge on any atom is -0.381 e. The van der Waals surface area contributed by atoms with Gasteiger partial charge >= 0.3 is 0 Å². The van der Waals surface area contributed by atoms with Gasteiger partial charge in [0.1, 0.15) is 0 Å². The number of piperidine rings is 1. The molecular formula is C13H24N2O4S. The summed E-state index contributed by atoms with van der Waals surface area (Å²) in [6, 6.07) is -0.0320. The number of likely N-dealkylation sites (tertiary alicyclic amines) is 1. The zero-order chi connectivity index (χ0) is 14.6. The summed E-state index contributed by atoms with van der Waals surface area (Å²) >= 11 is 0. The summed E-state index contributed by atoms with van der Waals surface area (Å²) < 4.78 is 31.4. The Balaban J connectivity index is 1.78. The Bertz CT molecular complexity index is 424. The number of sulfonamides is 1. The van der Waals surface area contributed by atoms with Crippen LogP contribution >= 0.6 is 0 Å². The fourth-order valence-corrected chi connectivity index (χ4v) is 4.19. The first kappa shape index (κ1) is 15.7. The molecule has 0 aliphatic carbocycles. The monoisotopic (exact) mass is 304 g/mol. The average molecular weight is 304 g/mol. The van der Waals surface area contributed by atoms with Crippen molar-refractivity contribution >= 4 is 15.9 Å². The van der Waals surface area contributed by atoms with E-state index in [2.05, 4.69) is 4.72 Å². The number of hydrogen-bond acceptors (Lipinski definition) is 4. The minimum atomic E-state index is -3.16. The van der Waals surface area contributed by atoms with Gasteiger partial charge in [-0.05, 0) is 25.7 Å². The molecule has 1 atom stereocenters. The molecule has 0 aromatic carbocycles. The lowest BCUT2D eigenvalue weighted by atomic mass is 10.0. The predicted octanol–water partition coefficient (Wildman–Crippen LogP) is 0.343. The number of amides is 1. The van der Waals surface area contributed by atoms with Gasteiger partial charge in [-0.25, -0.2) is 13.1 Å². The number of nitrogens with one attached hydrogen (secondary N) is 1. The maximum atomic E-state index is 12.2. The van der Waals surface area contributed by atoms with Crippen molar-refractivity contribution in [3.8, 4) is 0 Å². The van der Waals surface area contributed by atoms with Crippen molar-refractivity contribution in [1.29, 1.82) is 0 Å². The molecular weight excluding hydrogens is 280 g/mol. The second-order valence-corrected chi connectivity index (χ2v) is 7.47. The third kappa shape index (κ3) is 4.17. The van der Waals surface area contributed by atoms with Crippen molar-refractivity contribution in [3.63, 3.8) is 0 Å². The van der Waals surface area contributed by atoms with Gasteiger partial charge in [0.25, 0.3) is 0 Å². The summed E-state index contributed by atoms with van der Waals surface area (Å²) in [4.78, 5) is 14.1. The molecule has 0 saturated carbocycles. The largest absolute Gasteiger partial charge is 0.381 e. The Hall–Kier alpha value is -0.660. The molecule has 20 heavy (non-hydrogen) atoms. The van der Waals surface area contributed by atoms with E-state index in [9.17, 15) is 13.2 Å². The van der Waals surface area contributed by atoms with E-state index in [-0.39, 0.29) is 23.6 Å². The Morgan fingerprint density at radius 2 is 2.00 bits per heavy atom. The predicted molar refractivity (Wildman–Crippen MR) is 75.7 cm³/mol. The molecule has 0 radical (unpaired) electrons. The van der Waals surface area contributed by atoms with Gasteiger partial charge in [0.05, 0.1) is 18.3 Å². The van der Waals surface area contributed by atoms with Gasteiger partial charge in [-0.2, -0.15) is 0 Å². The highest BCUT2D eigenvalue weighted by Crippen LogP contribution is 2.19. The van der Waals surface area contributed by atoms with Crippen LogP contribution in [0.4, 0.5) is 0 Å². The summed E-state index contributed by atoms with van der Waals surface area (Å²) in [5.74, 6) is 0.339. The molecule has 0 aromatic rings. The summed E-state index contributed by atoms with van der Waals surface area (Å²) in [6.45, 7) is 4.32. The highest BCUT2D eigenvalue weighted by atomic mass is 32.2. The molecule has 7 heteroatoms. The Labute approximate surface area is 120 Å². The summed E-state index contributed by atoms with van der Waals surface area (Å²) in [6.07, 6.45) is 2.82. The zero-order valence-corrected chi connectivity index (χ0v) is 12.8. The molecule has 1 unspecified atom stereocenters. The molecule has 2 heterocycles. The zero-order valence-electron chi connectivity index (χ0n) is 12.0. The molecule has 2 fully saturated rings. The molecule has 2 aliphatic rings. The molecule has 0 spiro atoms. The van der Waals surface area contributed by atoms with E-state index < -0.39 is 10.0 Å². The molecule has 6 nitrogen and oxygen atoms in total. The van der Waals surface area contributed by atoms with Gasteiger partial charge in [0, 0.05) is 25.7 Å². The molecule has 2 rings (SSSR count). The van der Waals surface area contributed by atoms with Crippen molar-refractivity contribution in [2.75, 3.05) is 32.1 Å². The number of carbonyl (C=O) groups excluding carboxylic acids is 1. The standard InChI is InChI=1S/C13H24N2O4S/c1-2-9-20(17,18)14-12-3-6-15(7-4-12)13(16)11-5-8-19-10-11/h11-12,14H,2-10H2,1H3. The van der Waals surface area contributed by atoms with Crippen LogP contribution in [0.3, 0.4) is 0 Å². The van der Waals surface area contributed by atoms with E-state index in [1.54, 1.807) is 0 Å². The van der Waals surface area contributed by atoms with Crippen LogP contribution < -0.4 is 4.72 Å². The summed E-state index contributed by atoms with van der Waals surface area (Å²) in [7, 11) is -3.16. The highest BCUT2D eigenvalue weighted by molar-refractivity contribution is 7.89. The van der Waals surface area contributed by atoms with Crippen LogP contribution in [0.5, 0.6) is 0 Å². The van der Waals surface area contributed by atoms with Crippen LogP contribution in [0.15, 0.2) is 0 Å². The van der Waals surface area contributed by atoms with Gasteiger partial charge in [0.15, 0.2) is 0 Å². The number of nitrogens with zero attached hydrogens (tertiary/aromatic N) is 1. The number of hydrogen-bond donors (Lipinski definition) is 1. The minimum absolute atomic E-state index is 0.00309. The highest BCUT2D eigenvalue weighted by Gasteiger charge is 2.31. The van der Waals surface area contributed by atoms with Gasteiger partial charge in [-0.15, -0.1) is 0 Å². The van der Waals surface area contributed by atoms with Crippen LogP contribution in [-0.2, 0) is 19.6 Å². The first-order chi connectivity index (χ1) is 9.52. The lowest BCUT2D eigenvalue weighted by Gasteiger charge is -2.33. The van der Waals surface area contributed by atoms with Crippen LogP contribution in [0.25, 0.3) is 0 Å². The molecule has 116 valence electrons. The van der Waals surface area contributed by atoms with Gasteiger partial charge in [-0.3, -0.25) is 4.79 Å². The van der Waals surface area contributed by atoms with E-state index in [1.807, 2.05) is 11.8 Å². The molecule has 0 aromatic heterocycles. The first-order valence-electron chi connectivity index (χ1n) is 7.38. The molecule has 2 aliphatic heterocycles. The van der Waals surface area contributed by atoms with Crippen LogP contribution in [-0.4, -0.2) is 57.3 Å². The van der Waals surface area contributed by atoms with Crippen molar-refractivity contribution in [2.45, 2.75) is 38.6 Å². The molecule has 1 amide bonds. The third-order valence-electron chi connectivity index (χ3n) is 3.90. The second-order valence-electron chi connectivity index (χ2n) is 5.60. The van der Waals surface area contributed by atoms with Crippen molar-refractivity contribution in [2.24, 2.45) is 5.92 Å². The lowest BCUT2D eigenvalue weighted by Crippen LogP contribution is -2.48. The number of rotatable bonds is 5. The summed E-state index contributed by atoms with van der Waals surface area (Å²) in [5.41, 5.74) is 0. The first-order valence-corrected chi connectivity index (χ1v) is 9.03. The Morgan fingerprint density at radius 3 is 2.55 bits per heavy atom. The van der Waals surface area contributed by atoms with E-state index in [0.29, 0.717) is 45.6 Å². The SMILES string of the molecule is CCCS(=O)(=O)NC1CCN(C(=O)C2CCOC2)CC1. The van der Waals surface area contributed by atoms with E-state index >= 15 is 0 Å². The quantitative estimate of drug-likeness (QED) is 0.795. The summed E-state index contributed by atoms with van der Waals surface area (Å²) in [5, 5.41) is 0.